The van der Waals surface area contributed by atoms with Crippen molar-refractivity contribution in [2.75, 3.05) is 0 Å². The molecule has 28 heavy (non-hydrogen) atoms. The lowest BCUT2D eigenvalue weighted by Gasteiger charge is -1.99. The lowest BCUT2D eigenvalue weighted by molar-refractivity contribution is 1.02. The standard InChI is InChI=1S/C18H12N10/c1-2-11(15-23-17(27-25-15)13-4-6-19-21-9-13)8-12(3-1)16-24-18(28-26-16)14-5-7-20-22-10-14/h1-10H,(H,23,25,27)(H,24,26,28). The minimum atomic E-state index is 0.572. The topological polar surface area (TPSA) is 135 Å². The summed E-state index contributed by atoms with van der Waals surface area (Å²) >= 11 is 0. The average molecular weight is 368 g/mol. The molecule has 0 aliphatic heterocycles. The van der Waals surface area contributed by atoms with Crippen LogP contribution in [-0.4, -0.2) is 50.8 Å². The van der Waals surface area contributed by atoms with Crippen LogP contribution in [0.5, 0.6) is 0 Å². The van der Waals surface area contributed by atoms with Crippen LogP contribution < -0.4 is 0 Å². The number of benzene rings is 1. The first kappa shape index (κ1) is 15.9. The third-order valence-corrected chi connectivity index (χ3v) is 4.07. The molecule has 0 unspecified atom stereocenters. The number of rotatable bonds is 4. The Morgan fingerprint density at radius 1 is 0.571 bits per heavy atom. The zero-order valence-corrected chi connectivity index (χ0v) is 14.4. The summed E-state index contributed by atoms with van der Waals surface area (Å²) in [5.41, 5.74) is 3.32. The molecule has 0 spiro atoms. The summed E-state index contributed by atoms with van der Waals surface area (Å²) in [6.07, 6.45) is 6.47. The maximum absolute atomic E-state index is 4.54. The van der Waals surface area contributed by atoms with Gasteiger partial charge in [0.2, 0.25) is 0 Å². The molecule has 2 N–H and O–H groups in total. The second-order valence-corrected chi connectivity index (χ2v) is 5.86. The normalized spacial score (nSPS) is 10.9. The zero-order valence-electron chi connectivity index (χ0n) is 14.4. The van der Waals surface area contributed by atoms with Gasteiger partial charge >= 0.3 is 0 Å². The van der Waals surface area contributed by atoms with Crippen molar-refractivity contribution in [2.45, 2.75) is 0 Å². The predicted octanol–water partition coefficient (Wildman–Crippen LogP) is 2.17. The van der Waals surface area contributed by atoms with E-state index in [9.17, 15) is 0 Å². The van der Waals surface area contributed by atoms with Crippen molar-refractivity contribution in [2.24, 2.45) is 0 Å². The Labute approximate surface area is 158 Å². The van der Waals surface area contributed by atoms with Crippen molar-refractivity contribution in [1.29, 1.82) is 0 Å². The highest BCUT2D eigenvalue weighted by molar-refractivity contribution is 5.68. The van der Waals surface area contributed by atoms with E-state index in [4.69, 9.17) is 0 Å². The molecule has 0 saturated carbocycles. The van der Waals surface area contributed by atoms with E-state index >= 15 is 0 Å². The molecule has 0 bridgehead atoms. The van der Waals surface area contributed by atoms with Gasteiger partial charge in [0.25, 0.3) is 0 Å². The number of nitrogens with one attached hydrogen (secondary N) is 2. The van der Waals surface area contributed by atoms with Crippen molar-refractivity contribution >= 4 is 0 Å². The van der Waals surface area contributed by atoms with Crippen LogP contribution in [0.2, 0.25) is 0 Å². The third kappa shape index (κ3) is 2.98. The van der Waals surface area contributed by atoms with Gasteiger partial charge in [-0.05, 0) is 18.2 Å². The Balaban J connectivity index is 1.46. The van der Waals surface area contributed by atoms with Crippen molar-refractivity contribution < 1.29 is 0 Å². The van der Waals surface area contributed by atoms with E-state index in [0.29, 0.717) is 23.3 Å². The molecule has 0 radical (unpaired) electrons. The van der Waals surface area contributed by atoms with Gasteiger partial charge in [-0.15, -0.1) is 0 Å². The van der Waals surface area contributed by atoms with Crippen molar-refractivity contribution in [3.05, 3.63) is 61.2 Å². The summed E-state index contributed by atoms with van der Waals surface area (Å²) in [5.74, 6) is 2.40. The van der Waals surface area contributed by atoms with Gasteiger partial charge in [0.1, 0.15) is 0 Å². The Morgan fingerprint density at radius 3 is 1.57 bits per heavy atom. The molecule has 0 saturated heterocycles. The molecule has 1 aromatic carbocycles. The SMILES string of the molecule is c1cc(-c2n[nH]c(-c3ccnnc3)n2)cc(-c2n[nH]c(-c3ccnnc3)n2)c1. The molecule has 0 amide bonds. The van der Waals surface area contributed by atoms with Crippen molar-refractivity contribution in [1.82, 2.24) is 50.8 Å². The maximum Gasteiger partial charge on any atom is 0.181 e. The lowest BCUT2D eigenvalue weighted by Crippen LogP contribution is -1.86. The Morgan fingerprint density at radius 2 is 1.11 bits per heavy atom. The van der Waals surface area contributed by atoms with Gasteiger partial charge in [-0.1, -0.05) is 18.2 Å². The van der Waals surface area contributed by atoms with E-state index in [1.165, 1.54) is 0 Å². The van der Waals surface area contributed by atoms with Crippen LogP contribution in [0.25, 0.3) is 45.6 Å². The van der Waals surface area contributed by atoms with E-state index in [-0.39, 0.29) is 0 Å². The molecule has 10 nitrogen and oxygen atoms in total. The summed E-state index contributed by atoms with van der Waals surface area (Å²) in [7, 11) is 0. The summed E-state index contributed by atoms with van der Waals surface area (Å²) in [6.45, 7) is 0. The van der Waals surface area contributed by atoms with Crippen LogP contribution in [0.3, 0.4) is 0 Å². The number of nitrogens with zero attached hydrogens (tertiary/aromatic N) is 8. The molecule has 4 aromatic heterocycles. The lowest BCUT2D eigenvalue weighted by atomic mass is 10.1. The minimum Gasteiger partial charge on any atom is -0.259 e. The number of hydrogen-bond donors (Lipinski definition) is 2. The summed E-state index contributed by atoms with van der Waals surface area (Å²) in [6, 6.07) is 11.4. The van der Waals surface area contributed by atoms with Gasteiger partial charge in [0.05, 0.1) is 24.8 Å². The summed E-state index contributed by atoms with van der Waals surface area (Å²) < 4.78 is 0. The fourth-order valence-corrected chi connectivity index (χ4v) is 2.70. The van der Waals surface area contributed by atoms with Crippen LogP contribution in [0.4, 0.5) is 0 Å². The maximum atomic E-state index is 4.54. The van der Waals surface area contributed by atoms with Crippen LogP contribution in [0.15, 0.2) is 61.2 Å². The zero-order chi connectivity index (χ0) is 18.8. The molecule has 0 atom stereocenters. The fourth-order valence-electron chi connectivity index (χ4n) is 2.70. The Kier molecular flexibility index (Phi) is 3.83. The molecule has 134 valence electrons. The molecule has 10 heteroatoms. The molecule has 0 fully saturated rings. The van der Waals surface area contributed by atoms with Gasteiger partial charge < -0.3 is 0 Å². The average Bonchev–Trinajstić information content (AvgIpc) is 3.46. The smallest absolute Gasteiger partial charge is 0.181 e. The Hall–Kier alpha value is -4.34. The van der Waals surface area contributed by atoms with Crippen LogP contribution in [0.1, 0.15) is 0 Å². The first-order valence-corrected chi connectivity index (χ1v) is 8.36. The molecule has 5 aromatic rings. The van der Waals surface area contributed by atoms with Gasteiger partial charge in [-0.25, -0.2) is 9.97 Å². The van der Waals surface area contributed by atoms with E-state index in [1.54, 1.807) is 24.8 Å². The van der Waals surface area contributed by atoms with E-state index < -0.39 is 0 Å². The largest absolute Gasteiger partial charge is 0.259 e. The predicted molar refractivity (Wildman–Crippen MR) is 99.2 cm³/mol. The van der Waals surface area contributed by atoms with Gasteiger partial charge in [0.15, 0.2) is 23.3 Å². The van der Waals surface area contributed by atoms with Crippen molar-refractivity contribution in [3.8, 4) is 45.6 Å². The Bertz CT molecular complexity index is 1120. The van der Waals surface area contributed by atoms with Crippen LogP contribution in [0, 0.1) is 0 Å². The van der Waals surface area contributed by atoms with E-state index in [2.05, 4.69) is 50.8 Å². The van der Waals surface area contributed by atoms with Crippen molar-refractivity contribution in [3.63, 3.8) is 0 Å². The highest BCUT2D eigenvalue weighted by Gasteiger charge is 2.12. The minimum absolute atomic E-state index is 0.572. The number of aromatic amines is 2. The molecule has 0 aliphatic carbocycles. The number of hydrogen-bond acceptors (Lipinski definition) is 8. The number of H-pyrrole nitrogens is 2. The second-order valence-electron chi connectivity index (χ2n) is 5.86. The molecular weight excluding hydrogens is 356 g/mol. The van der Waals surface area contributed by atoms with Gasteiger partial charge in [0, 0.05) is 22.3 Å². The van der Waals surface area contributed by atoms with E-state index in [1.807, 2.05) is 36.4 Å². The molecule has 5 rings (SSSR count). The van der Waals surface area contributed by atoms with Gasteiger partial charge in [-0.2, -0.15) is 30.6 Å². The first-order valence-electron chi connectivity index (χ1n) is 8.36. The highest BCUT2D eigenvalue weighted by Crippen LogP contribution is 2.25. The number of aromatic nitrogens is 10. The quantitative estimate of drug-likeness (QED) is 0.493. The molecule has 4 heterocycles. The van der Waals surface area contributed by atoms with Crippen LogP contribution >= 0.6 is 0 Å². The summed E-state index contributed by atoms with van der Waals surface area (Å²) in [4.78, 5) is 9.08. The van der Waals surface area contributed by atoms with Crippen LogP contribution in [-0.2, 0) is 0 Å². The highest BCUT2D eigenvalue weighted by atomic mass is 15.2. The molecular formula is C18H12N10. The first-order chi connectivity index (χ1) is 13.9. The monoisotopic (exact) mass is 368 g/mol. The van der Waals surface area contributed by atoms with E-state index in [0.717, 1.165) is 22.3 Å². The second kappa shape index (κ2) is 6.76. The third-order valence-electron chi connectivity index (χ3n) is 4.07. The van der Waals surface area contributed by atoms with Gasteiger partial charge in [-0.3, -0.25) is 10.2 Å². The fraction of sp³-hybridized carbons (Fsp3) is 0. The summed E-state index contributed by atoms with van der Waals surface area (Å²) in [5, 5.41) is 29.7. The molecule has 0 aliphatic rings.